The van der Waals surface area contributed by atoms with E-state index >= 15 is 0 Å². The molecule has 23 heavy (non-hydrogen) atoms. The van der Waals surface area contributed by atoms with Crippen LogP contribution >= 0.6 is 11.3 Å². The lowest BCUT2D eigenvalue weighted by molar-refractivity contribution is 0.0996. The van der Waals surface area contributed by atoms with E-state index < -0.39 is 0 Å². The summed E-state index contributed by atoms with van der Waals surface area (Å²) in [5, 5.41) is 4.88. The van der Waals surface area contributed by atoms with E-state index in [1.54, 1.807) is 23.5 Å². The Morgan fingerprint density at radius 3 is 2.78 bits per heavy atom. The van der Waals surface area contributed by atoms with Crippen LogP contribution in [-0.4, -0.2) is 15.3 Å². The first-order valence-corrected chi connectivity index (χ1v) is 7.97. The highest BCUT2D eigenvalue weighted by Crippen LogP contribution is 2.24. The second kappa shape index (κ2) is 5.40. The molecule has 0 bridgehead atoms. The van der Waals surface area contributed by atoms with E-state index in [1.165, 1.54) is 12.0 Å². The van der Waals surface area contributed by atoms with E-state index in [1.807, 2.05) is 30.5 Å². The maximum absolute atomic E-state index is 11.9. The number of fused-ring (bicyclic) bond motifs is 1. The summed E-state index contributed by atoms with van der Waals surface area (Å²) >= 11 is 1.62. The molecule has 4 aromatic rings. The molecule has 3 aromatic heterocycles. The Labute approximate surface area is 136 Å². The van der Waals surface area contributed by atoms with Crippen molar-refractivity contribution in [3.8, 4) is 11.3 Å². The van der Waals surface area contributed by atoms with E-state index in [4.69, 9.17) is 4.42 Å². The third kappa shape index (κ3) is 2.53. The van der Waals surface area contributed by atoms with Gasteiger partial charge in [0.15, 0.2) is 10.7 Å². The highest BCUT2D eigenvalue weighted by molar-refractivity contribution is 7.15. The molecule has 1 aromatic carbocycles. The monoisotopic (exact) mass is 323 g/mol. The second-order valence-corrected chi connectivity index (χ2v) is 6.00. The summed E-state index contributed by atoms with van der Waals surface area (Å²) in [4.78, 5) is 17.5. The first-order valence-electron chi connectivity index (χ1n) is 7.09. The molecule has 0 atom stereocenters. The fourth-order valence-corrected chi connectivity index (χ4v) is 3.21. The van der Waals surface area contributed by atoms with Crippen molar-refractivity contribution in [2.75, 3.05) is 5.32 Å². The maximum atomic E-state index is 11.9. The van der Waals surface area contributed by atoms with Crippen molar-refractivity contribution in [1.29, 1.82) is 0 Å². The van der Waals surface area contributed by atoms with Crippen molar-refractivity contribution >= 4 is 27.9 Å². The van der Waals surface area contributed by atoms with Crippen LogP contribution in [0.5, 0.6) is 0 Å². The van der Waals surface area contributed by atoms with Crippen LogP contribution in [0.3, 0.4) is 0 Å². The van der Waals surface area contributed by atoms with Crippen LogP contribution in [0.2, 0.25) is 0 Å². The minimum Gasteiger partial charge on any atom is -0.459 e. The van der Waals surface area contributed by atoms with E-state index in [-0.39, 0.29) is 5.91 Å². The molecule has 0 aliphatic rings. The summed E-state index contributed by atoms with van der Waals surface area (Å²) in [5.41, 5.74) is 3.82. The number of amides is 1. The van der Waals surface area contributed by atoms with Crippen LogP contribution in [0.25, 0.3) is 16.2 Å². The number of nitrogens with one attached hydrogen (secondary N) is 1. The van der Waals surface area contributed by atoms with Gasteiger partial charge in [-0.05, 0) is 31.2 Å². The summed E-state index contributed by atoms with van der Waals surface area (Å²) in [5.74, 6) is 0.0276. The Morgan fingerprint density at radius 1 is 1.26 bits per heavy atom. The van der Waals surface area contributed by atoms with Crippen molar-refractivity contribution in [2.45, 2.75) is 6.92 Å². The molecule has 1 N–H and O–H groups in total. The van der Waals surface area contributed by atoms with Crippen LogP contribution in [0.1, 0.15) is 16.2 Å². The molecule has 3 heterocycles. The van der Waals surface area contributed by atoms with Gasteiger partial charge in [0, 0.05) is 28.5 Å². The molecule has 0 unspecified atom stereocenters. The Kier molecular flexibility index (Phi) is 3.24. The quantitative estimate of drug-likeness (QED) is 0.614. The lowest BCUT2D eigenvalue weighted by atomic mass is 10.1. The Morgan fingerprint density at radius 2 is 2.09 bits per heavy atom. The van der Waals surface area contributed by atoms with Crippen molar-refractivity contribution in [3.63, 3.8) is 0 Å². The van der Waals surface area contributed by atoms with Gasteiger partial charge < -0.3 is 9.73 Å². The highest BCUT2D eigenvalue weighted by atomic mass is 32.1. The fourth-order valence-electron chi connectivity index (χ4n) is 2.36. The number of benzene rings is 1. The zero-order chi connectivity index (χ0) is 15.8. The highest BCUT2D eigenvalue weighted by Gasteiger charge is 2.10. The smallest absolute Gasteiger partial charge is 0.291 e. The normalized spacial score (nSPS) is 11.0. The number of nitrogens with zero attached hydrogens (tertiary/aromatic N) is 2. The van der Waals surface area contributed by atoms with Gasteiger partial charge in [0.1, 0.15) is 0 Å². The van der Waals surface area contributed by atoms with Crippen molar-refractivity contribution in [1.82, 2.24) is 9.38 Å². The molecule has 0 saturated heterocycles. The van der Waals surface area contributed by atoms with Gasteiger partial charge >= 0.3 is 0 Å². The standard InChI is InChI=1S/C17H13N3O2S/c1-11-10-23-17-19-14(9-20(11)17)12-4-6-13(7-5-12)18-16(21)15-3-2-8-22-15/h2-10H,1H3,(H,18,21). The first kappa shape index (κ1) is 13.8. The average Bonchev–Trinajstić information content (AvgIpc) is 3.27. The van der Waals surface area contributed by atoms with Crippen molar-refractivity contribution in [3.05, 3.63) is 65.7 Å². The van der Waals surface area contributed by atoms with Crippen LogP contribution in [0, 0.1) is 6.92 Å². The zero-order valence-electron chi connectivity index (χ0n) is 12.3. The number of aromatic nitrogens is 2. The molecule has 4 rings (SSSR count). The first-order chi connectivity index (χ1) is 11.2. The lowest BCUT2D eigenvalue weighted by Crippen LogP contribution is -2.10. The number of carbonyl (C=O) groups is 1. The number of rotatable bonds is 3. The maximum Gasteiger partial charge on any atom is 0.291 e. The van der Waals surface area contributed by atoms with E-state index in [0.29, 0.717) is 11.4 Å². The molecule has 5 nitrogen and oxygen atoms in total. The Bertz CT molecular complexity index is 965. The molecule has 114 valence electrons. The number of carbonyl (C=O) groups excluding carboxylic acids is 1. The van der Waals surface area contributed by atoms with Crippen LogP contribution in [0.4, 0.5) is 5.69 Å². The summed E-state index contributed by atoms with van der Waals surface area (Å²) in [6.07, 6.45) is 3.50. The molecule has 0 saturated carbocycles. The largest absolute Gasteiger partial charge is 0.459 e. The van der Waals surface area contributed by atoms with Crippen LogP contribution in [0.15, 0.2) is 58.7 Å². The molecule has 6 heteroatoms. The van der Waals surface area contributed by atoms with E-state index in [0.717, 1.165) is 16.2 Å². The van der Waals surface area contributed by atoms with Gasteiger partial charge in [-0.3, -0.25) is 9.20 Å². The predicted octanol–water partition coefficient (Wildman–Crippen LogP) is 4.22. The van der Waals surface area contributed by atoms with Gasteiger partial charge in [0.2, 0.25) is 0 Å². The number of imidazole rings is 1. The van der Waals surface area contributed by atoms with Crippen molar-refractivity contribution < 1.29 is 9.21 Å². The van der Waals surface area contributed by atoms with E-state index in [9.17, 15) is 4.79 Å². The molecule has 0 aliphatic heterocycles. The van der Waals surface area contributed by atoms with Gasteiger partial charge in [0.25, 0.3) is 5.91 Å². The molecular formula is C17H13N3O2S. The number of thiazole rings is 1. The summed E-state index contributed by atoms with van der Waals surface area (Å²) in [7, 11) is 0. The minimum atomic E-state index is -0.263. The number of furan rings is 1. The number of anilines is 1. The topological polar surface area (TPSA) is 59.5 Å². The van der Waals surface area contributed by atoms with Gasteiger partial charge in [-0.2, -0.15) is 0 Å². The SMILES string of the molecule is Cc1csc2nc(-c3ccc(NC(=O)c4ccco4)cc3)cn12. The number of hydrogen-bond acceptors (Lipinski definition) is 4. The molecule has 0 spiro atoms. The lowest BCUT2D eigenvalue weighted by Gasteiger charge is -2.04. The molecular weight excluding hydrogens is 310 g/mol. The van der Waals surface area contributed by atoms with Gasteiger partial charge in [-0.15, -0.1) is 11.3 Å². The zero-order valence-corrected chi connectivity index (χ0v) is 13.1. The minimum absolute atomic E-state index is 0.263. The van der Waals surface area contributed by atoms with Gasteiger partial charge in [-0.25, -0.2) is 4.98 Å². The second-order valence-electron chi connectivity index (χ2n) is 5.16. The fraction of sp³-hybridized carbons (Fsp3) is 0.0588. The molecule has 0 aliphatic carbocycles. The van der Waals surface area contributed by atoms with Crippen molar-refractivity contribution in [2.24, 2.45) is 0 Å². The number of aryl methyl sites for hydroxylation is 1. The van der Waals surface area contributed by atoms with Crippen LogP contribution in [-0.2, 0) is 0 Å². The van der Waals surface area contributed by atoms with Gasteiger partial charge in [-0.1, -0.05) is 12.1 Å². The Hall–Kier alpha value is -2.86. The summed E-state index contributed by atoms with van der Waals surface area (Å²) in [6, 6.07) is 10.9. The predicted molar refractivity (Wildman–Crippen MR) is 89.9 cm³/mol. The summed E-state index contributed by atoms with van der Waals surface area (Å²) in [6.45, 7) is 2.06. The third-order valence-electron chi connectivity index (χ3n) is 3.57. The molecule has 0 radical (unpaired) electrons. The number of hydrogen-bond donors (Lipinski definition) is 1. The molecule has 0 fully saturated rings. The Balaban J connectivity index is 1.56. The third-order valence-corrected chi connectivity index (χ3v) is 4.53. The molecule has 1 amide bonds. The van der Waals surface area contributed by atoms with Gasteiger partial charge in [0.05, 0.1) is 12.0 Å². The summed E-state index contributed by atoms with van der Waals surface area (Å²) < 4.78 is 7.15. The van der Waals surface area contributed by atoms with E-state index in [2.05, 4.69) is 27.0 Å². The van der Waals surface area contributed by atoms with Crippen LogP contribution < -0.4 is 5.32 Å². The average molecular weight is 323 g/mol.